The maximum absolute atomic E-state index is 12.5. The van der Waals surface area contributed by atoms with E-state index >= 15 is 0 Å². The van der Waals surface area contributed by atoms with Crippen LogP contribution in [0.5, 0.6) is 0 Å². The summed E-state index contributed by atoms with van der Waals surface area (Å²) in [5.41, 5.74) is 4.27. The molecule has 0 aromatic heterocycles. The number of nitrogens with zero attached hydrogens (tertiary/aromatic N) is 1. The Morgan fingerprint density at radius 3 is 2.36 bits per heavy atom. The minimum absolute atomic E-state index is 0.0273. The van der Waals surface area contributed by atoms with Crippen LogP contribution in [0.1, 0.15) is 36.5 Å². The molecule has 122 valence electrons. The number of nitrogens with one attached hydrogen (secondary N) is 1. The van der Waals surface area contributed by atoms with E-state index in [1.807, 2.05) is 32.7 Å². The van der Waals surface area contributed by atoms with Gasteiger partial charge in [0, 0.05) is 12.2 Å². The Kier molecular flexibility index (Phi) is 5.24. The second-order valence-corrected chi connectivity index (χ2v) is 6.78. The molecule has 1 aliphatic carbocycles. The van der Waals surface area contributed by atoms with Crippen molar-refractivity contribution in [2.45, 2.75) is 52.7 Å². The summed E-state index contributed by atoms with van der Waals surface area (Å²) < 4.78 is 0. The van der Waals surface area contributed by atoms with Crippen molar-refractivity contribution in [3.63, 3.8) is 0 Å². The lowest BCUT2D eigenvalue weighted by Crippen LogP contribution is -2.43. The molecule has 1 aromatic carbocycles. The van der Waals surface area contributed by atoms with Crippen LogP contribution in [0.15, 0.2) is 12.1 Å². The van der Waals surface area contributed by atoms with Crippen LogP contribution in [0.4, 0.5) is 5.69 Å². The van der Waals surface area contributed by atoms with E-state index in [2.05, 4.69) is 24.4 Å². The van der Waals surface area contributed by atoms with Gasteiger partial charge in [-0.1, -0.05) is 17.7 Å². The molecular weight excluding hydrogens is 276 g/mol. The van der Waals surface area contributed by atoms with E-state index in [9.17, 15) is 9.90 Å². The van der Waals surface area contributed by atoms with Gasteiger partial charge in [0.2, 0.25) is 5.91 Å². The monoisotopic (exact) mass is 304 g/mol. The maximum atomic E-state index is 12.5. The molecule has 0 bridgehead atoms. The number of aliphatic hydroxyl groups excluding tert-OH is 1. The Bertz CT molecular complexity index is 529. The number of rotatable bonds is 6. The predicted molar refractivity (Wildman–Crippen MR) is 90.1 cm³/mol. The van der Waals surface area contributed by atoms with Gasteiger partial charge in [-0.15, -0.1) is 0 Å². The molecule has 2 N–H and O–H groups in total. The van der Waals surface area contributed by atoms with E-state index in [-0.39, 0.29) is 18.1 Å². The standard InChI is InChI=1S/C18H28N2O2/c1-11-8-12(2)17(13(3)9-11)19-18(22)14(4)20(5)10-16(21)15-6-7-15/h8-9,14-16,21H,6-7,10H2,1-5H3,(H,19,22). The number of likely N-dealkylation sites (N-methyl/N-ethyl adjacent to an activating group) is 1. The lowest BCUT2D eigenvalue weighted by Gasteiger charge is -2.26. The Morgan fingerprint density at radius 1 is 1.32 bits per heavy atom. The van der Waals surface area contributed by atoms with Crippen molar-refractivity contribution in [2.75, 3.05) is 18.9 Å². The highest BCUT2D eigenvalue weighted by atomic mass is 16.3. The summed E-state index contributed by atoms with van der Waals surface area (Å²) in [7, 11) is 1.89. The van der Waals surface area contributed by atoms with Crippen LogP contribution in [0.2, 0.25) is 0 Å². The second kappa shape index (κ2) is 6.80. The van der Waals surface area contributed by atoms with Gasteiger partial charge in [-0.25, -0.2) is 0 Å². The molecule has 0 saturated heterocycles. The number of benzene rings is 1. The predicted octanol–water partition coefficient (Wildman–Crippen LogP) is 2.64. The Labute approximate surface area is 133 Å². The highest BCUT2D eigenvalue weighted by Gasteiger charge is 2.32. The zero-order chi connectivity index (χ0) is 16.4. The van der Waals surface area contributed by atoms with Crippen LogP contribution in [0, 0.1) is 26.7 Å². The molecule has 4 nitrogen and oxygen atoms in total. The first-order valence-corrected chi connectivity index (χ1v) is 8.06. The van der Waals surface area contributed by atoms with Gasteiger partial charge in [-0.05, 0) is 64.6 Å². The molecule has 0 radical (unpaired) electrons. The average Bonchev–Trinajstić information content (AvgIpc) is 3.25. The van der Waals surface area contributed by atoms with E-state index in [4.69, 9.17) is 0 Å². The van der Waals surface area contributed by atoms with Crippen molar-refractivity contribution in [3.05, 3.63) is 28.8 Å². The van der Waals surface area contributed by atoms with Crippen LogP contribution in [-0.4, -0.2) is 41.7 Å². The third-order valence-electron chi connectivity index (χ3n) is 4.61. The van der Waals surface area contributed by atoms with Crippen LogP contribution in [0.25, 0.3) is 0 Å². The Balaban J connectivity index is 1.98. The lowest BCUT2D eigenvalue weighted by atomic mass is 10.0. The molecule has 0 heterocycles. The minimum Gasteiger partial charge on any atom is -0.392 e. The van der Waals surface area contributed by atoms with Crippen molar-refractivity contribution in [1.82, 2.24) is 4.90 Å². The summed E-state index contributed by atoms with van der Waals surface area (Å²) in [5, 5.41) is 13.1. The maximum Gasteiger partial charge on any atom is 0.241 e. The van der Waals surface area contributed by atoms with Gasteiger partial charge in [0.05, 0.1) is 12.1 Å². The first-order valence-electron chi connectivity index (χ1n) is 8.06. The van der Waals surface area contributed by atoms with Gasteiger partial charge in [0.25, 0.3) is 0 Å². The number of hydrogen-bond acceptors (Lipinski definition) is 3. The van der Waals surface area contributed by atoms with Gasteiger partial charge >= 0.3 is 0 Å². The molecule has 0 aliphatic heterocycles. The number of anilines is 1. The van der Waals surface area contributed by atoms with Crippen LogP contribution in [-0.2, 0) is 4.79 Å². The smallest absolute Gasteiger partial charge is 0.241 e. The summed E-state index contributed by atoms with van der Waals surface area (Å²) in [4.78, 5) is 14.4. The normalized spacial score (nSPS) is 17.4. The number of amides is 1. The van der Waals surface area contributed by atoms with Crippen LogP contribution < -0.4 is 5.32 Å². The molecule has 2 rings (SSSR count). The number of aliphatic hydroxyl groups is 1. The van der Waals surface area contributed by atoms with Crippen molar-refractivity contribution in [1.29, 1.82) is 0 Å². The van der Waals surface area contributed by atoms with Gasteiger partial charge in [-0.3, -0.25) is 9.69 Å². The summed E-state index contributed by atoms with van der Waals surface area (Å²) in [5.74, 6) is 0.403. The second-order valence-electron chi connectivity index (χ2n) is 6.78. The highest BCUT2D eigenvalue weighted by molar-refractivity contribution is 5.95. The third kappa shape index (κ3) is 4.08. The van der Waals surface area contributed by atoms with E-state index in [1.165, 1.54) is 5.56 Å². The molecular formula is C18H28N2O2. The fourth-order valence-electron chi connectivity index (χ4n) is 2.89. The highest BCUT2D eigenvalue weighted by Crippen LogP contribution is 2.33. The van der Waals surface area contributed by atoms with Gasteiger partial charge < -0.3 is 10.4 Å². The number of carbonyl (C=O) groups is 1. The zero-order valence-electron chi connectivity index (χ0n) is 14.3. The summed E-state index contributed by atoms with van der Waals surface area (Å²) in [6.07, 6.45) is 1.90. The van der Waals surface area contributed by atoms with E-state index in [0.717, 1.165) is 29.7 Å². The fraction of sp³-hybridized carbons (Fsp3) is 0.611. The molecule has 1 saturated carbocycles. The SMILES string of the molecule is Cc1cc(C)c(NC(=O)C(C)N(C)CC(O)C2CC2)c(C)c1. The minimum atomic E-state index is -0.317. The topological polar surface area (TPSA) is 52.6 Å². The molecule has 22 heavy (non-hydrogen) atoms. The fourth-order valence-corrected chi connectivity index (χ4v) is 2.89. The lowest BCUT2D eigenvalue weighted by molar-refractivity contribution is -0.120. The summed E-state index contributed by atoms with van der Waals surface area (Å²) in [6, 6.07) is 3.88. The first-order chi connectivity index (χ1) is 10.3. The van der Waals surface area contributed by atoms with Gasteiger partial charge in [0.15, 0.2) is 0 Å². The average molecular weight is 304 g/mol. The van der Waals surface area contributed by atoms with E-state index in [0.29, 0.717) is 12.5 Å². The van der Waals surface area contributed by atoms with Crippen LogP contribution in [0.3, 0.4) is 0 Å². The summed E-state index contributed by atoms with van der Waals surface area (Å²) in [6.45, 7) is 8.52. The molecule has 1 amide bonds. The molecule has 1 aromatic rings. The van der Waals surface area contributed by atoms with E-state index < -0.39 is 0 Å². The Morgan fingerprint density at radius 2 is 1.86 bits per heavy atom. The number of aryl methyl sites for hydroxylation is 3. The van der Waals surface area contributed by atoms with Crippen molar-refractivity contribution in [2.24, 2.45) is 5.92 Å². The third-order valence-corrected chi connectivity index (χ3v) is 4.61. The molecule has 2 unspecified atom stereocenters. The molecule has 2 atom stereocenters. The quantitative estimate of drug-likeness (QED) is 0.849. The van der Waals surface area contributed by atoms with Crippen molar-refractivity contribution in [3.8, 4) is 0 Å². The molecule has 1 aliphatic rings. The molecule has 1 fully saturated rings. The molecule has 0 spiro atoms. The summed E-state index contributed by atoms with van der Waals surface area (Å²) >= 11 is 0. The van der Waals surface area contributed by atoms with Crippen LogP contribution >= 0.6 is 0 Å². The molecule has 4 heteroatoms. The first kappa shape index (κ1) is 17.0. The van der Waals surface area contributed by atoms with Gasteiger partial charge in [-0.2, -0.15) is 0 Å². The number of carbonyl (C=O) groups excluding carboxylic acids is 1. The largest absolute Gasteiger partial charge is 0.392 e. The van der Waals surface area contributed by atoms with E-state index in [1.54, 1.807) is 0 Å². The number of hydrogen-bond donors (Lipinski definition) is 2. The van der Waals surface area contributed by atoms with Crippen molar-refractivity contribution < 1.29 is 9.90 Å². The van der Waals surface area contributed by atoms with Crippen molar-refractivity contribution >= 4 is 11.6 Å². The Hall–Kier alpha value is -1.39. The zero-order valence-corrected chi connectivity index (χ0v) is 14.3. The van der Waals surface area contributed by atoms with Gasteiger partial charge in [0.1, 0.15) is 0 Å².